The number of aliphatic hydroxyl groups is 6. The molecule has 8 atom stereocenters. The van der Waals surface area contributed by atoms with Crippen molar-refractivity contribution >= 4 is 5.91 Å². The van der Waals surface area contributed by atoms with Gasteiger partial charge in [-0.1, -0.05) is 127 Å². The summed E-state index contributed by atoms with van der Waals surface area (Å²) in [6.07, 6.45) is 25.2. The summed E-state index contributed by atoms with van der Waals surface area (Å²) < 4.78 is 11.1. The minimum Gasteiger partial charge on any atom is -0.394 e. The van der Waals surface area contributed by atoms with Crippen LogP contribution in [0.25, 0.3) is 0 Å². The lowest BCUT2D eigenvalue weighted by Crippen LogP contribution is -2.60. The highest BCUT2D eigenvalue weighted by Gasteiger charge is 2.44. The molecule has 0 radical (unpaired) electrons. The molecule has 10 heteroatoms. The Hall–Kier alpha value is -1.63. The maximum absolute atomic E-state index is 12.9. The standard InChI is InChI=1S/C40H73NO9/c1-3-5-7-9-11-13-15-17-19-20-22-24-26-28-33(43)32(31-49-40-38(47)37(46)36(45)35(30-42)50-40)41-39(48)34(44)29-27-25-23-21-18-16-14-12-10-8-6-4-2/h18-21,26,28,32-38,40,42-47H,3-17,22-25,27,29-31H2,1-2H3,(H,41,48)/b20-19+,21-18-,28-26+. The number of unbranched alkanes of at least 4 members (excludes halogenated alkanes) is 16. The summed E-state index contributed by atoms with van der Waals surface area (Å²) in [5, 5.41) is 64.2. The predicted molar refractivity (Wildman–Crippen MR) is 199 cm³/mol. The first-order valence-electron chi connectivity index (χ1n) is 19.8. The number of nitrogens with one attached hydrogen (secondary N) is 1. The van der Waals surface area contributed by atoms with Crippen LogP contribution in [0.3, 0.4) is 0 Å². The van der Waals surface area contributed by atoms with E-state index in [-0.39, 0.29) is 13.0 Å². The van der Waals surface area contributed by atoms with Crippen LogP contribution in [0.1, 0.15) is 149 Å². The molecular weight excluding hydrogens is 638 g/mol. The van der Waals surface area contributed by atoms with Gasteiger partial charge in [0.2, 0.25) is 5.91 Å². The van der Waals surface area contributed by atoms with Gasteiger partial charge in [-0.05, 0) is 57.8 Å². The molecule has 1 fully saturated rings. The normalized spacial score (nSPS) is 23.2. The maximum atomic E-state index is 12.9. The Morgan fingerprint density at radius 2 is 1.18 bits per heavy atom. The second-order valence-corrected chi connectivity index (χ2v) is 13.9. The number of carbonyl (C=O) groups excluding carboxylic acids is 1. The molecule has 0 aromatic rings. The van der Waals surface area contributed by atoms with Crippen molar-refractivity contribution in [2.24, 2.45) is 0 Å². The lowest BCUT2D eigenvalue weighted by Gasteiger charge is -2.40. The number of hydrogen-bond donors (Lipinski definition) is 7. The zero-order valence-corrected chi connectivity index (χ0v) is 31.3. The van der Waals surface area contributed by atoms with Gasteiger partial charge < -0.3 is 45.4 Å². The fourth-order valence-corrected chi connectivity index (χ4v) is 5.93. The van der Waals surface area contributed by atoms with Gasteiger partial charge in [-0.25, -0.2) is 0 Å². The van der Waals surface area contributed by atoms with Gasteiger partial charge in [-0.2, -0.15) is 0 Å². The molecule has 1 amide bonds. The van der Waals surface area contributed by atoms with Crippen molar-refractivity contribution in [2.75, 3.05) is 13.2 Å². The summed E-state index contributed by atoms with van der Waals surface area (Å²) in [4.78, 5) is 12.9. The van der Waals surface area contributed by atoms with Crippen LogP contribution in [0.5, 0.6) is 0 Å². The first-order valence-corrected chi connectivity index (χ1v) is 19.8. The van der Waals surface area contributed by atoms with Gasteiger partial charge in [-0.3, -0.25) is 4.79 Å². The summed E-state index contributed by atoms with van der Waals surface area (Å²) in [5.74, 6) is -0.647. The molecule has 0 spiro atoms. The molecule has 292 valence electrons. The quantitative estimate of drug-likeness (QED) is 0.0342. The molecule has 1 aliphatic heterocycles. The summed E-state index contributed by atoms with van der Waals surface area (Å²) >= 11 is 0. The molecule has 0 bridgehead atoms. The molecule has 8 unspecified atom stereocenters. The summed E-state index contributed by atoms with van der Waals surface area (Å²) in [6.45, 7) is 3.52. The fraction of sp³-hybridized carbons (Fsp3) is 0.825. The lowest BCUT2D eigenvalue weighted by atomic mass is 9.99. The number of aliphatic hydroxyl groups excluding tert-OH is 6. The van der Waals surface area contributed by atoms with E-state index in [1.807, 2.05) is 6.08 Å². The average molecular weight is 712 g/mol. The van der Waals surface area contributed by atoms with E-state index in [9.17, 15) is 35.4 Å². The van der Waals surface area contributed by atoms with Crippen LogP contribution in [0.4, 0.5) is 0 Å². The highest BCUT2D eigenvalue weighted by Crippen LogP contribution is 2.22. The Morgan fingerprint density at radius 1 is 0.680 bits per heavy atom. The third-order valence-corrected chi connectivity index (χ3v) is 9.29. The third kappa shape index (κ3) is 21.7. The number of rotatable bonds is 31. The van der Waals surface area contributed by atoms with Crippen molar-refractivity contribution in [3.63, 3.8) is 0 Å². The van der Waals surface area contributed by atoms with Crippen LogP contribution in [0.2, 0.25) is 0 Å². The van der Waals surface area contributed by atoms with E-state index >= 15 is 0 Å². The number of hydrogen-bond acceptors (Lipinski definition) is 9. The number of amides is 1. The summed E-state index contributed by atoms with van der Waals surface area (Å²) in [7, 11) is 0. The van der Waals surface area contributed by atoms with Crippen LogP contribution in [-0.4, -0.2) is 98.7 Å². The van der Waals surface area contributed by atoms with Crippen LogP contribution in [0, 0.1) is 0 Å². The van der Waals surface area contributed by atoms with Crippen molar-refractivity contribution < 1.29 is 44.9 Å². The zero-order valence-electron chi connectivity index (χ0n) is 31.3. The molecule has 7 N–H and O–H groups in total. The molecule has 1 saturated heterocycles. The number of carbonyl (C=O) groups is 1. The molecule has 50 heavy (non-hydrogen) atoms. The second-order valence-electron chi connectivity index (χ2n) is 13.9. The van der Waals surface area contributed by atoms with Gasteiger partial charge in [0.1, 0.15) is 30.5 Å². The van der Waals surface area contributed by atoms with E-state index in [1.54, 1.807) is 6.08 Å². The monoisotopic (exact) mass is 712 g/mol. The highest BCUT2D eigenvalue weighted by molar-refractivity contribution is 5.80. The van der Waals surface area contributed by atoms with Crippen molar-refractivity contribution in [3.05, 3.63) is 36.5 Å². The van der Waals surface area contributed by atoms with E-state index in [2.05, 4.69) is 43.5 Å². The van der Waals surface area contributed by atoms with Gasteiger partial charge >= 0.3 is 0 Å². The van der Waals surface area contributed by atoms with Crippen LogP contribution < -0.4 is 5.32 Å². The van der Waals surface area contributed by atoms with Crippen LogP contribution >= 0.6 is 0 Å². The van der Waals surface area contributed by atoms with E-state index in [0.29, 0.717) is 12.8 Å². The molecule has 1 aliphatic rings. The molecule has 0 aromatic carbocycles. The Balaban J connectivity index is 2.57. The average Bonchev–Trinajstić information content (AvgIpc) is 3.11. The maximum Gasteiger partial charge on any atom is 0.249 e. The van der Waals surface area contributed by atoms with Crippen molar-refractivity contribution in [1.29, 1.82) is 0 Å². The Kier molecular flexibility index (Phi) is 28.7. The lowest BCUT2D eigenvalue weighted by molar-refractivity contribution is -0.302. The molecule has 1 heterocycles. The number of ether oxygens (including phenoxy) is 2. The molecule has 0 aromatic heterocycles. The van der Waals surface area contributed by atoms with E-state index in [4.69, 9.17) is 9.47 Å². The van der Waals surface area contributed by atoms with E-state index in [1.165, 1.54) is 83.5 Å². The predicted octanol–water partition coefficient (Wildman–Crippen LogP) is 5.91. The largest absolute Gasteiger partial charge is 0.394 e. The zero-order chi connectivity index (χ0) is 36.8. The van der Waals surface area contributed by atoms with Gasteiger partial charge in [-0.15, -0.1) is 0 Å². The minimum atomic E-state index is -1.62. The van der Waals surface area contributed by atoms with Crippen LogP contribution in [-0.2, 0) is 14.3 Å². The topological polar surface area (TPSA) is 169 Å². The second kappa shape index (κ2) is 30.9. The molecule has 1 rings (SSSR count). The first kappa shape index (κ1) is 46.4. The summed E-state index contributed by atoms with van der Waals surface area (Å²) in [5.41, 5.74) is 0. The third-order valence-electron chi connectivity index (χ3n) is 9.29. The Bertz CT molecular complexity index is 896. The Labute approximate surface area is 303 Å². The Morgan fingerprint density at radius 3 is 1.74 bits per heavy atom. The molecular formula is C40H73NO9. The van der Waals surface area contributed by atoms with Gasteiger partial charge in [0.05, 0.1) is 25.4 Å². The van der Waals surface area contributed by atoms with Gasteiger partial charge in [0.15, 0.2) is 6.29 Å². The molecule has 0 saturated carbocycles. The first-order chi connectivity index (χ1) is 24.3. The fourth-order valence-electron chi connectivity index (χ4n) is 5.93. The van der Waals surface area contributed by atoms with Crippen molar-refractivity contribution in [2.45, 2.75) is 198 Å². The SMILES string of the molecule is CCCCCCCC/C=C\CCCCC(O)C(=O)NC(COC1OC(CO)C(O)C(O)C1O)C(O)/C=C/CC/C=C/CCCCCCCCC. The van der Waals surface area contributed by atoms with Crippen LogP contribution in [0.15, 0.2) is 36.5 Å². The summed E-state index contributed by atoms with van der Waals surface area (Å²) in [6, 6.07) is -1.00. The van der Waals surface area contributed by atoms with E-state index < -0.39 is 61.5 Å². The molecule has 0 aliphatic carbocycles. The minimum absolute atomic E-state index is 0.272. The highest BCUT2D eigenvalue weighted by atomic mass is 16.7. The van der Waals surface area contributed by atoms with Crippen molar-refractivity contribution in [3.8, 4) is 0 Å². The van der Waals surface area contributed by atoms with Crippen molar-refractivity contribution in [1.82, 2.24) is 5.32 Å². The smallest absolute Gasteiger partial charge is 0.249 e. The van der Waals surface area contributed by atoms with Gasteiger partial charge in [0, 0.05) is 0 Å². The number of allylic oxidation sites excluding steroid dienone is 5. The van der Waals surface area contributed by atoms with Gasteiger partial charge in [0.25, 0.3) is 0 Å². The van der Waals surface area contributed by atoms with E-state index in [0.717, 1.165) is 32.1 Å². The molecule has 10 nitrogen and oxygen atoms in total.